The van der Waals surface area contributed by atoms with Gasteiger partial charge in [-0.3, -0.25) is 0 Å². The van der Waals surface area contributed by atoms with Gasteiger partial charge in [0.1, 0.15) is 5.82 Å². The lowest BCUT2D eigenvalue weighted by atomic mass is 10.1. The SMILES string of the molecule is CNCC1CCN(S(=O)(=O)c2cc(F)cc(Cl)c2)C1.Cl. The highest BCUT2D eigenvalue weighted by Gasteiger charge is 2.32. The minimum absolute atomic E-state index is 0. The number of nitrogens with zero attached hydrogens (tertiary/aromatic N) is 1. The summed E-state index contributed by atoms with van der Waals surface area (Å²) in [6.07, 6.45) is 0.809. The molecule has 0 bridgehead atoms. The average Bonchev–Trinajstić information content (AvgIpc) is 2.77. The first-order valence-electron chi connectivity index (χ1n) is 6.04. The molecule has 1 aliphatic rings. The van der Waals surface area contributed by atoms with Crippen LogP contribution < -0.4 is 5.32 Å². The van der Waals surface area contributed by atoms with E-state index in [-0.39, 0.29) is 22.3 Å². The third kappa shape index (κ3) is 3.83. The fourth-order valence-electron chi connectivity index (χ4n) is 2.30. The normalized spacial score (nSPS) is 19.9. The Balaban J connectivity index is 0.00000200. The van der Waals surface area contributed by atoms with Crippen molar-refractivity contribution in [2.45, 2.75) is 11.3 Å². The summed E-state index contributed by atoms with van der Waals surface area (Å²) < 4.78 is 39.4. The van der Waals surface area contributed by atoms with Crippen LogP contribution in [0.4, 0.5) is 4.39 Å². The number of halogens is 3. The fourth-order valence-corrected chi connectivity index (χ4v) is 4.17. The summed E-state index contributed by atoms with van der Waals surface area (Å²) in [7, 11) is -1.82. The van der Waals surface area contributed by atoms with Crippen molar-refractivity contribution >= 4 is 34.0 Å². The van der Waals surface area contributed by atoms with Crippen molar-refractivity contribution in [2.75, 3.05) is 26.7 Å². The van der Waals surface area contributed by atoms with Crippen LogP contribution in [0.5, 0.6) is 0 Å². The van der Waals surface area contributed by atoms with Crippen LogP contribution in [0, 0.1) is 11.7 Å². The Hall–Kier alpha value is -0.400. The van der Waals surface area contributed by atoms with Gasteiger partial charge in [0.25, 0.3) is 0 Å². The van der Waals surface area contributed by atoms with Crippen molar-refractivity contribution < 1.29 is 12.8 Å². The third-order valence-corrected chi connectivity index (χ3v) is 5.28. The zero-order chi connectivity index (χ0) is 14.0. The molecule has 20 heavy (non-hydrogen) atoms. The molecule has 0 saturated carbocycles. The predicted molar refractivity (Wildman–Crippen MR) is 79.5 cm³/mol. The number of rotatable bonds is 4. The Bertz CT molecular complexity index is 548. The van der Waals surface area contributed by atoms with Crippen molar-refractivity contribution in [3.8, 4) is 0 Å². The molecule has 1 N–H and O–H groups in total. The quantitative estimate of drug-likeness (QED) is 0.911. The van der Waals surface area contributed by atoms with Crippen LogP contribution in [0.1, 0.15) is 6.42 Å². The Labute approximate surface area is 129 Å². The number of hydrogen-bond acceptors (Lipinski definition) is 3. The summed E-state index contributed by atoms with van der Waals surface area (Å²) in [5.41, 5.74) is 0. The van der Waals surface area contributed by atoms with Crippen LogP contribution in [0.2, 0.25) is 5.02 Å². The van der Waals surface area contributed by atoms with E-state index in [2.05, 4.69) is 5.32 Å². The van der Waals surface area contributed by atoms with E-state index in [1.807, 2.05) is 7.05 Å². The molecule has 1 unspecified atom stereocenters. The summed E-state index contributed by atoms with van der Waals surface area (Å²) in [6.45, 7) is 1.69. The molecule has 1 aromatic carbocycles. The highest BCUT2D eigenvalue weighted by atomic mass is 35.5. The van der Waals surface area contributed by atoms with E-state index >= 15 is 0 Å². The van der Waals surface area contributed by atoms with Crippen LogP contribution in [0.15, 0.2) is 23.1 Å². The first-order chi connectivity index (χ1) is 8.93. The van der Waals surface area contributed by atoms with E-state index < -0.39 is 15.8 Å². The van der Waals surface area contributed by atoms with Gasteiger partial charge in [-0.05, 0) is 44.1 Å². The minimum atomic E-state index is -3.65. The number of benzene rings is 1. The first-order valence-corrected chi connectivity index (χ1v) is 7.86. The molecule has 0 radical (unpaired) electrons. The van der Waals surface area contributed by atoms with Gasteiger partial charge in [-0.1, -0.05) is 11.6 Å². The average molecular weight is 343 g/mol. The zero-order valence-corrected chi connectivity index (χ0v) is 13.4. The van der Waals surface area contributed by atoms with E-state index in [1.54, 1.807) is 0 Å². The Morgan fingerprint density at radius 3 is 2.75 bits per heavy atom. The molecule has 1 fully saturated rings. The second-order valence-corrected chi connectivity index (χ2v) is 7.05. The molecule has 4 nitrogen and oxygen atoms in total. The minimum Gasteiger partial charge on any atom is -0.319 e. The lowest BCUT2D eigenvalue weighted by molar-refractivity contribution is 0.450. The lowest BCUT2D eigenvalue weighted by Gasteiger charge is -2.17. The second kappa shape index (κ2) is 7.04. The highest BCUT2D eigenvalue weighted by molar-refractivity contribution is 7.89. The highest BCUT2D eigenvalue weighted by Crippen LogP contribution is 2.26. The molecule has 8 heteroatoms. The van der Waals surface area contributed by atoms with E-state index in [4.69, 9.17) is 11.6 Å². The predicted octanol–water partition coefficient (Wildman–Crippen LogP) is 2.13. The third-order valence-electron chi connectivity index (χ3n) is 3.22. The van der Waals surface area contributed by atoms with Gasteiger partial charge in [0.15, 0.2) is 0 Å². The van der Waals surface area contributed by atoms with Crippen LogP contribution in [-0.4, -0.2) is 39.4 Å². The largest absolute Gasteiger partial charge is 0.319 e. The van der Waals surface area contributed by atoms with Gasteiger partial charge in [-0.15, -0.1) is 12.4 Å². The van der Waals surface area contributed by atoms with E-state index in [1.165, 1.54) is 10.4 Å². The maximum Gasteiger partial charge on any atom is 0.243 e. The topological polar surface area (TPSA) is 49.4 Å². The maximum absolute atomic E-state index is 13.3. The van der Waals surface area contributed by atoms with Crippen molar-refractivity contribution in [1.82, 2.24) is 9.62 Å². The van der Waals surface area contributed by atoms with Crippen molar-refractivity contribution in [1.29, 1.82) is 0 Å². The zero-order valence-electron chi connectivity index (χ0n) is 11.0. The van der Waals surface area contributed by atoms with Crippen LogP contribution in [0.25, 0.3) is 0 Å². The second-order valence-electron chi connectivity index (χ2n) is 4.68. The van der Waals surface area contributed by atoms with Crippen LogP contribution in [-0.2, 0) is 10.0 Å². The monoisotopic (exact) mass is 342 g/mol. The fraction of sp³-hybridized carbons (Fsp3) is 0.500. The van der Waals surface area contributed by atoms with Gasteiger partial charge in [0, 0.05) is 18.1 Å². The Morgan fingerprint density at radius 2 is 2.15 bits per heavy atom. The summed E-state index contributed by atoms with van der Waals surface area (Å²) in [4.78, 5) is -0.0809. The summed E-state index contributed by atoms with van der Waals surface area (Å²) in [5.74, 6) is -0.346. The molecule has 1 atom stereocenters. The van der Waals surface area contributed by atoms with Crippen molar-refractivity contribution in [3.63, 3.8) is 0 Å². The molecule has 114 valence electrons. The van der Waals surface area contributed by atoms with Gasteiger partial charge >= 0.3 is 0 Å². The smallest absolute Gasteiger partial charge is 0.243 e. The van der Waals surface area contributed by atoms with E-state index in [0.717, 1.165) is 25.1 Å². The standard InChI is InChI=1S/C12H16ClFN2O2S.ClH/c1-15-7-9-2-3-16(8-9)19(17,18)12-5-10(13)4-11(14)6-12;/h4-6,9,15H,2-3,7-8H2,1H3;1H. The molecule has 2 rings (SSSR count). The molecular formula is C12H17Cl2FN2O2S. The van der Waals surface area contributed by atoms with E-state index in [0.29, 0.717) is 19.0 Å². The lowest BCUT2D eigenvalue weighted by Crippen LogP contribution is -2.30. The molecular weight excluding hydrogens is 326 g/mol. The molecule has 1 aliphatic heterocycles. The molecule has 0 amide bonds. The van der Waals surface area contributed by atoms with Gasteiger partial charge in [0.2, 0.25) is 10.0 Å². The Kier molecular flexibility index (Phi) is 6.22. The van der Waals surface area contributed by atoms with Crippen molar-refractivity contribution in [2.24, 2.45) is 5.92 Å². The summed E-state index contributed by atoms with van der Waals surface area (Å²) in [6, 6.07) is 3.38. The van der Waals surface area contributed by atoms with Gasteiger partial charge in [-0.2, -0.15) is 4.31 Å². The number of sulfonamides is 1. The van der Waals surface area contributed by atoms with Gasteiger partial charge < -0.3 is 5.32 Å². The molecule has 0 aromatic heterocycles. The molecule has 0 spiro atoms. The Morgan fingerprint density at radius 1 is 1.45 bits per heavy atom. The van der Waals surface area contributed by atoms with Gasteiger partial charge in [0.05, 0.1) is 4.90 Å². The molecule has 1 saturated heterocycles. The molecule has 0 aliphatic carbocycles. The van der Waals surface area contributed by atoms with Crippen LogP contribution in [0.3, 0.4) is 0 Å². The summed E-state index contributed by atoms with van der Waals surface area (Å²) in [5, 5.41) is 3.12. The summed E-state index contributed by atoms with van der Waals surface area (Å²) >= 11 is 5.71. The van der Waals surface area contributed by atoms with E-state index in [9.17, 15) is 12.8 Å². The van der Waals surface area contributed by atoms with Gasteiger partial charge in [-0.25, -0.2) is 12.8 Å². The molecule has 1 heterocycles. The first kappa shape index (κ1) is 17.7. The number of nitrogens with one attached hydrogen (secondary N) is 1. The number of hydrogen-bond donors (Lipinski definition) is 1. The van der Waals surface area contributed by atoms with Crippen LogP contribution >= 0.6 is 24.0 Å². The van der Waals surface area contributed by atoms with Crippen molar-refractivity contribution in [3.05, 3.63) is 29.0 Å². The maximum atomic E-state index is 13.3. The molecule has 1 aromatic rings.